The molecule has 0 saturated carbocycles. The fourth-order valence-electron chi connectivity index (χ4n) is 2.79. The first kappa shape index (κ1) is 16.1. The number of carbonyl (C=O) groups is 1. The standard InChI is InChI=1S/C17H15FN6O2/c1-10-9-24(17(25)26-10)12-4-5-13(14(18)7-12)11-3-6-15(19-8-11)16-20-22-23(2)21-16/h3-8,10H,9H2,1-2H3. The van der Waals surface area contributed by atoms with E-state index in [0.717, 1.165) is 0 Å². The van der Waals surface area contributed by atoms with Gasteiger partial charge in [0.25, 0.3) is 0 Å². The van der Waals surface area contributed by atoms with Crippen molar-refractivity contribution in [3.05, 3.63) is 42.3 Å². The van der Waals surface area contributed by atoms with Crippen molar-refractivity contribution in [3.63, 3.8) is 0 Å². The quantitative estimate of drug-likeness (QED) is 0.718. The predicted molar refractivity (Wildman–Crippen MR) is 90.7 cm³/mol. The Hall–Kier alpha value is -3.36. The lowest BCUT2D eigenvalue weighted by molar-refractivity contribution is 0.150. The summed E-state index contributed by atoms with van der Waals surface area (Å²) in [6, 6.07) is 8.09. The number of halogens is 1. The van der Waals surface area contributed by atoms with Crippen LogP contribution in [-0.4, -0.2) is 43.9 Å². The van der Waals surface area contributed by atoms with E-state index in [9.17, 15) is 9.18 Å². The van der Waals surface area contributed by atoms with Gasteiger partial charge >= 0.3 is 6.09 Å². The Morgan fingerprint density at radius 2 is 2.12 bits per heavy atom. The molecular formula is C17H15FN6O2. The summed E-state index contributed by atoms with van der Waals surface area (Å²) in [4.78, 5) is 18.8. The average molecular weight is 354 g/mol. The lowest BCUT2D eigenvalue weighted by Gasteiger charge is -2.14. The molecule has 1 unspecified atom stereocenters. The van der Waals surface area contributed by atoms with E-state index in [0.29, 0.717) is 34.9 Å². The summed E-state index contributed by atoms with van der Waals surface area (Å²) in [6.45, 7) is 2.20. The minimum atomic E-state index is -0.466. The van der Waals surface area contributed by atoms with Gasteiger partial charge in [-0.25, -0.2) is 9.18 Å². The minimum absolute atomic E-state index is 0.211. The van der Waals surface area contributed by atoms with E-state index in [4.69, 9.17) is 4.74 Å². The third kappa shape index (κ3) is 2.87. The van der Waals surface area contributed by atoms with Crippen molar-refractivity contribution in [1.29, 1.82) is 0 Å². The van der Waals surface area contributed by atoms with Crippen molar-refractivity contribution < 1.29 is 13.9 Å². The molecule has 2 aromatic heterocycles. The van der Waals surface area contributed by atoms with Gasteiger partial charge < -0.3 is 4.74 Å². The third-order valence-electron chi connectivity index (χ3n) is 4.04. The van der Waals surface area contributed by atoms with Crippen LogP contribution in [0.25, 0.3) is 22.6 Å². The molecule has 0 spiro atoms. The topological polar surface area (TPSA) is 86.0 Å². The zero-order chi connectivity index (χ0) is 18.3. The first-order valence-corrected chi connectivity index (χ1v) is 8.00. The van der Waals surface area contributed by atoms with Crippen molar-refractivity contribution in [2.45, 2.75) is 13.0 Å². The molecule has 0 aliphatic carbocycles. The number of benzene rings is 1. The normalized spacial score (nSPS) is 16.8. The van der Waals surface area contributed by atoms with Gasteiger partial charge in [0.05, 0.1) is 19.3 Å². The number of carbonyl (C=O) groups excluding carboxylic acids is 1. The maximum absolute atomic E-state index is 14.6. The highest BCUT2D eigenvalue weighted by Gasteiger charge is 2.29. The van der Waals surface area contributed by atoms with Crippen LogP contribution < -0.4 is 4.90 Å². The van der Waals surface area contributed by atoms with Crippen molar-refractivity contribution >= 4 is 11.8 Å². The Morgan fingerprint density at radius 3 is 2.69 bits per heavy atom. The fourth-order valence-corrected chi connectivity index (χ4v) is 2.79. The molecule has 1 aliphatic rings. The predicted octanol–water partition coefficient (Wildman–Crippen LogP) is 2.42. The summed E-state index contributed by atoms with van der Waals surface area (Å²) >= 11 is 0. The number of tetrazole rings is 1. The van der Waals surface area contributed by atoms with Gasteiger partial charge in [0.1, 0.15) is 17.6 Å². The average Bonchev–Trinajstić information content (AvgIpc) is 3.20. The molecule has 8 nitrogen and oxygen atoms in total. The number of rotatable bonds is 3. The fraction of sp³-hybridized carbons (Fsp3) is 0.235. The molecule has 26 heavy (non-hydrogen) atoms. The van der Waals surface area contributed by atoms with E-state index in [1.54, 1.807) is 44.4 Å². The number of nitrogens with zero attached hydrogens (tertiary/aromatic N) is 6. The van der Waals surface area contributed by atoms with Crippen LogP contribution in [-0.2, 0) is 11.8 Å². The molecule has 3 aromatic rings. The van der Waals surface area contributed by atoms with Gasteiger partial charge in [-0.3, -0.25) is 9.88 Å². The summed E-state index contributed by atoms with van der Waals surface area (Å²) in [5, 5.41) is 11.7. The Kier molecular flexibility index (Phi) is 3.83. The molecule has 1 atom stereocenters. The lowest BCUT2D eigenvalue weighted by Crippen LogP contribution is -2.24. The molecule has 1 aliphatic heterocycles. The summed E-state index contributed by atoms with van der Waals surface area (Å²) in [5.41, 5.74) is 2.01. The highest BCUT2D eigenvalue weighted by Crippen LogP contribution is 2.29. The van der Waals surface area contributed by atoms with Crippen molar-refractivity contribution in [2.75, 3.05) is 11.4 Å². The van der Waals surface area contributed by atoms with Crippen molar-refractivity contribution in [1.82, 2.24) is 25.2 Å². The van der Waals surface area contributed by atoms with Gasteiger partial charge in [-0.15, -0.1) is 10.2 Å². The van der Waals surface area contributed by atoms with Crippen LogP contribution in [0.15, 0.2) is 36.5 Å². The molecule has 132 valence electrons. The largest absolute Gasteiger partial charge is 0.444 e. The number of aryl methyl sites for hydroxylation is 1. The van der Waals surface area contributed by atoms with E-state index in [2.05, 4.69) is 20.4 Å². The minimum Gasteiger partial charge on any atom is -0.444 e. The van der Waals surface area contributed by atoms with Gasteiger partial charge in [0.15, 0.2) is 0 Å². The number of amides is 1. The summed E-state index contributed by atoms with van der Waals surface area (Å²) in [5.74, 6) is -0.0430. The number of anilines is 1. The third-order valence-corrected chi connectivity index (χ3v) is 4.04. The Bertz CT molecular complexity index is 972. The number of cyclic esters (lactones) is 1. The van der Waals surface area contributed by atoms with Gasteiger partial charge in [-0.05, 0) is 36.4 Å². The Labute approximate surface area is 148 Å². The monoisotopic (exact) mass is 354 g/mol. The Balaban J connectivity index is 1.61. The molecule has 0 radical (unpaired) electrons. The number of ether oxygens (including phenoxy) is 1. The van der Waals surface area contributed by atoms with Crippen LogP contribution in [0.2, 0.25) is 0 Å². The molecule has 1 aromatic carbocycles. The molecule has 4 rings (SSSR count). The SMILES string of the molecule is CC1CN(c2ccc(-c3ccc(-c4nnn(C)n4)nc3)c(F)c2)C(=O)O1. The second kappa shape index (κ2) is 6.17. The molecular weight excluding hydrogens is 339 g/mol. The van der Waals surface area contributed by atoms with Gasteiger partial charge in [-0.2, -0.15) is 4.80 Å². The number of hydrogen-bond donors (Lipinski definition) is 0. The lowest BCUT2D eigenvalue weighted by atomic mass is 10.1. The number of hydrogen-bond acceptors (Lipinski definition) is 6. The maximum Gasteiger partial charge on any atom is 0.414 e. The van der Waals surface area contributed by atoms with Crippen LogP contribution in [0, 0.1) is 5.82 Å². The van der Waals surface area contributed by atoms with Crippen molar-refractivity contribution in [3.8, 4) is 22.6 Å². The van der Waals surface area contributed by atoms with Crippen LogP contribution in [0.1, 0.15) is 6.92 Å². The second-order valence-corrected chi connectivity index (χ2v) is 6.00. The highest BCUT2D eigenvalue weighted by molar-refractivity contribution is 5.90. The van der Waals surface area contributed by atoms with Crippen LogP contribution >= 0.6 is 0 Å². The van der Waals surface area contributed by atoms with E-state index in [1.807, 2.05) is 0 Å². The van der Waals surface area contributed by atoms with E-state index < -0.39 is 11.9 Å². The zero-order valence-electron chi connectivity index (χ0n) is 14.1. The van der Waals surface area contributed by atoms with E-state index in [1.165, 1.54) is 15.8 Å². The van der Waals surface area contributed by atoms with E-state index >= 15 is 0 Å². The smallest absolute Gasteiger partial charge is 0.414 e. The summed E-state index contributed by atoms with van der Waals surface area (Å²) < 4.78 is 19.7. The van der Waals surface area contributed by atoms with Gasteiger partial charge in [-0.1, -0.05) is 6.07 Å². The molecule has 0 bridgehead atoms. The highest BCUT2D eigenvalue weighted by atomic mass is 19.1. The maximum atomic E-state index is 14.6. The van der Waals surface area contributed by atoms with Crippen LogP contribution in [0.5, 0.6) is 0 Å². The molecule has 1 fully saturated rings. The summed E-state index contributed by atoms with van der Waals surface area (Å²) in [7, 11) is 1.67. The molecule has 1 saturated heterocycles. The van der Waals surface area contributed by atoms with Gasteiger partial charge in [0.2, 0.25) is 5.82 Å². The zero-order valence-corrected chi connectivity index (χ0v) is 14.1. The molecule has 3 heterocycles. The summed E-state index contributed by atoms with van der Waals surface area (Å²) in [6.07, 6.45) is 0.875. The van der Waals surface area contributed by atoms with Gasteiger partial charge in [0, 0.05) is 17.3 Å². The number of aromatic nitrogens is 5. The first-order chi connectivity index (χ1) is 12.5. The molecule has 1 amide bonds. The Morgan fingerprint density at radius 1 is 1.27 bits per heavy atom. The van der Waals surface area contributed by atoms with E-state index in [-0.39, 0.29) is 6.10 Å². The first-order valence-electron chi connectivity index (χ1n) is 8.00. The van der Waals surface area contributed by atoms with Crippen LogP contribution in [0.4, 0.5) is 14.9 Å². The second-order valence-electron chi connectivity index (χ2n) is 6.00. The molecule has 9 heteroatoms. The van der Waals surface area contributed by atoms with Crippen LogP contribution in [0.3, 0.4) is 0 Å². The number of pyridine rings is 1. The molecule has 0 N–H and O–H groups in total. The van der Waals surface area contributed by atoms with Crippen molar-refractivity contribution in [2.24, 2.45) is 7.05 Å².